The Labute approximate surface area is 289 Å². The second-order valence-corrected chi connectivity index (χ2v) is 10.0. The van der Waals surface area contributed by atoms with Crippen molar-refractivity contribution in [3.63, 3.8) is 0 Å². The van der Waals surface area contributed by atoms with Crippen LogP contribution in [0.2, 0.25) is 0 Å². The van der Waals surface area contributed by atoms with Crippen LogP contribution in [0.4, 0.5) is 0 Å². The molecule has 15 nitrogen and oxygen atoms in total. The highest BCUT2D eigenvalue weighted by Crippen LogP contribution is 2.17. The summed E-state index contributed by atoms with van der Waals surface area (Å²) in [5.74, 6) is 0. The molecule has 1 atom stereocenters. The molecule has 0 saturated heterocycles. The molecule has 1 unspecified atom stereocenters. The molecule has 2 aromatic carbocycles. The SMILES string of the molecule is C=CO.C=CO.C=CO.C=CO.C=CO.C=CO.C=CO.C=CO.Cc1ccc(S(=O)(=O)OCC(O)OS(=O)(=O)c2ccc(C)cc2)cc1. The third-order valence-corrected chi connectivity index (χ3v) is 5.84. The normalized spacial score (nSPS) is 8.88. The van der Waals surface area contributed by atoms with Crippen molar-refractivity contribution in [2.24, 2.45) is 0 Å². The molecule has 0 aliphatic carbocycles. The minimum atomic E-state index is -4.24. The van der Waals surface area contributed by atoms with Gasteiger partial charge in [0.05, 0.1) is 59.9 Å². The van der Waals surface area contributed by atoms with Gasteiger partial charge in [-0.3, -0.25) is 4.18 Å². The Morgan fingerprint density at radius 1 is 0.510 bits per heavy atom. The Morgan fingerprint density at radius 2 is 0.714 bits per heavy atom. The molecule has 17 heteroatoms. The molecule has 2 aromatic rings. The molecule has 0 spiro atoms. The van der Waals surface area contributed by atoms with E-state index in [0.717, 1.165) is 61.2 Å². The number of rotatable bonds is 7. The first-order valence-corrected chi connectivity index (χ1v) is 15.4. The minimum Gasteiger partial charge on any atom is -0.516 e. The van der Waals surface area contributed by atoms with Crippen LogP contribution >= 0.6 is 0 Å². The summed E-state index contributed by atoms with van der Waals surface area (Å²) >= 11 is 0. The lowest BCUT2D eigenvalue weighted by Crippen LogP contribution is -2.25. The third-order valence-electron chi connectivity index (χ3n) is 3.22. The number of benzene rings is 2. The van der Waals surface area contributed by atoms with E-state index in [0.29, 0.717) is 0 Å². The van der Waals surface area contributed by atoms with E-state index in [4.69, 9.17) is 40.9 Å². The van der Waals surface area contributed by atoms with E-state index in [2.05, 4.69) is 61.0 Å². The summed E-state index contributed by atoms with van der Waals surface area (Å²) in [6.45, 7) is 26.1. The van der Waals surface area contributed by atoms with Crippen molar-refractivity contribution in [3.05, 3.63) is 162 Å². The summed E-state index contributed by atoms with van der Waals surface area (Å²) in [6, 6.07) is 11.7. The summed E-state index contributed by atoms with van der Waals surface area (Å²) in [5.41, 5.74) is 1.72. The molecule has 0 aliphatic rings. The molecule has 0 aliphatic heterocycles. The van der Waals surface area contributed by atoms with E-state index in [1.165, 1.54) is 24.3 Å². The molecule has 280 valence electrons. The van der Waals surface area contributed by atoms with E-state index in [-0.39, 0.29) is 9.79 Å². The largest absolute Gasteiger partial charge is 0.516 e. The smallest absolute Gasteiger partial charge is 0.299 e. The monoisotopic (exact) mass is 738 g/mol. The van der Waals surface area contributed by atoms with Gasteiger partial charge in [0, 0.05) is 0 Å². The van der Waals surface area contributed by atoms with Crippen LogP contribution in [0.25, 0.3) is 0 Å². The van der Waals surface area contributed by atoms with Gasteiger partial charge in [-0.1, -0.05) is 88.0 Å². The van der Waals surface area contributed by atoms with Crippen molar-refractivity contribution in [1.82, 2.24) is 0 Å². The van der Waals surface area contributed by atoms with Crippen LogP contribution < -0.4 is 0 Å². The first-order chi connectivity index (χ1) is 22.9. The maximum absolute atomic E-state index is 12.0. The van der Waals surface area contributed by atoms with Crippen LogP contribution in [0.5, 0.6) is 0 Å². The quantitative estimate of drug-likeness (QED) is 0.0770. The molecule has 2 rings (SSSR count). The van der Waals surface area contributed by atoms with Crippen LogP contribution in [0, 0.1) is 13.8 Å². The summed E-state index contributed by atoms with van der Waals surface area (Å²) in [7, 11) is -8.37. The number of aryl methyl sites for hydroxylation is 2. The van der Waals surface area contributed by atoms with Gasteiger partial charge in [0.15, 0.2) is 6.29 Å². The second kappa shape index (κ2) is 44.7. The predicted octanol–water partition coefficient (Wildman–Crippen LogP) is 7.24. The zero-order chi connectivity index (χ0) is 40.3. The Balaban J connectivity index is -0.000000120. The fraction of sp³-hybridized carbons (Fsp3) is 0.125. The van der Waals surface area contributed by atoms with Crippen LogP contribution in [0.3, 0.4) is 0 Å². The van der Waals surface area contributed by atoms with Gasteiger partial charge in [-0.05, 0) is 38.1 Å². The molecule has 0 radical (unpaired) electrons. The fourth-order valence-electron chi connectivity index (χ4n) is 1.86. The molecule has 0 aromatic heterocycles. The van der Waals surface area contributed by atoms with Gasteiger partial charge < -0.3 is 46.0 Å². The van der Waals surface area contributed by atoms with E-state index in [1.807, 2.05) is 0 Å². The average molecular weight is 739 g/mol. The van der Waals surface area contributed by atoms with Gasteiger partial charge in [-0.15, -0.1) is 0 Å². The lowest BCUT2D eigenvalue weighted by atomic mass is 10.2. The van der Waals surface area contributed by atoms with Crippen molar-refractivity contribution in [1.29, 1.82) is 0 Å². The van der Waals surface area contributed by atoms with Crippen LogP contribution in [-0.4, -0.2) is 75.7 Å². The van der Waals surface area contributed by atoms with Crippen molar-refractivity contribution < 1.29 is 71.2 Å². The number of hydrogen-bond acceptors (Lipinski definition) is 15. The summed E-state index contributed by atoms with van der Waals surface area (Å²) < 4.78 is 57.2. The first-order valence-electron chi connectivity index (χ1n) is 12.6. The highest BCUT2D eigenvalue weighted by atomic mass is 32.2. The van der Waals surface area contributed by atoms with Gasteiger partial charge in [0.1, 0.15) is 6.61 Å². The summed E-state index contributed by atoms with van der Waals surface area (Å²) in [4.78, 5) is -0.259. The molecule has 0 bridgehead atoms. The molecule has 49 heavy (non-hydrogen) atoms. The van der Waals surface area contributed by atoms with Crippen LogP contribution in [-0.2, 0) is 28.6 Å². The predicted molar refractivity (Wildman–Crippen MR) is 192 cm³/mol. The third kappa shape index (κ3) is 49.6. The summed E-state index contributed by atoms with van der Waals surface area (Å²) in [6.07, 6.45) is 4.03. The highest BCUT2D eigenvalue weighted by molar-refractivity contribution is 7.87. The van der Waals surface area contributed by atoms with Crippen LogP contribution in [0.15, 0.2) is 161 Å². The molecular weight excluding hydrogens is 688 g/mol. The van der Waals surface area contributed by atoms with E-state index in [1.54, 1.807) is 38.1 Å². The Kier molecular flexibility index (Phi) is 53.8. The molecule has 0 heterocycles. The topological polar surface area (TPSA) is 269 Å². The van der Waals surface area contributed by atoms with Crippen molar-refractivity contribution in [2.75, 3.05) is 6.61 Å². The molecule has 0 saturated carbocycles. The average Bonchev–Trinajstić information content (AvgIpc) is 3.00. The zero-order valence-corrected chi connectivity index (χ0v) is 29.1. The minimum absolute atomic E-state index is 0.105. The number of aliphatic hydroxyl groups excluding tert-OH is 9. The fourth-order valence-corrected chi connectivity index (χ4v) is 3.68. The second-order valence-electron chi connectivity index (χ2n) is 6.83. The maximum Gasteiger partial charge on any atom is 0.299 e. The maximum atomic E-state index is 12.0. The van der Waals surface area contributed by atoms with Crippen molar-refractivity contribution in [2.45, 2.75) is 29.9 Å². The Bertz CT molecular complexity index is 1230. The van der Waals surface area contributed by atoms with Gasteiger partial charge in [0.2, 0.25) is 0 Å². The summed E-state index contributed by atoms with van der Waals surface area (Å²) in [5, 5.41) is 68.3. The molecule has 9 N–H and O–H groups in total. The van der Waals surface area contributed by atoms with Gasteiger partial charge in [-0.2, -0.15) is 16.8 Å². The molecule has 0 amide bonds. The molecular formula is C32H50O15S2. The molecule has 0 fully saturated rings. The van der Waals surface area contributed by atoms with E-state index in [9.17, 15) is 21.9 Å². The standard InChI is InChI=1S/C16H18O7S2.8C2H4O/c1-12-3-7-14(8-4-12)24(18,19)22-11-16(17)23-25(20,21)15-9-5-13(2)6-10-15;8*1-2-3/h3-10,16-17H,11H2,1-2H3;8*2-3H,1H2. The Hall–Kier alpha value is -5.46. The van der Waals surface area contributed by atoms with Crippen molar-refractivity contribution in [3.8, 4) is 0 Å². The first kappa shape index (κ1) is 59.0. The lowest BCUT2D eigenvalue weighted by molar-refractivity contribution is -0.0419. The number of aliphatic hydroxyl groups is 9. The number of hydrogen-bond donors (Lipinski definition) is 9. The lowest BCUT2D eigenvalue weighted by Gasteiger charge is -2.13. The Morgan fingerprint density at radius 3 is 0.939 bits per heavy atom. The van der Waals surface area contributed by atoms with Gasteiger partial charge in [0.25, 0.3) is 20.2 Å². The van der Waals surface area contributed by atoms with E-state index < -0.39 is 33.1 Å². The van der Waals surface area contributed by atoms with E-state index >= 15 is 0 Å². The highest BCUT2D eigenvalue weighted by Gasteiger charge is 2.23. The van der Waals surface area contributed by atoms with Gasteiger partial charge in [-0.25, -0.2) is 4.18 Å². The van der Waals surface area contributed by atoms with Crippen LogP contribution in [0.1, 0.15) is 11.1 Å². The van der Waals surface area contributed by atoms with Crippen molar-refractivity contribution >= 4 is 20.2 Å². The zero-order valence-electron chi connectivity index (χ0n) is 27.5. The van der Waals surface area contributed by atoms with Gasteiger partial charge >= 0.3 is 0 Å².